The van der Waals surface area contributed by atoms with E-state index in [0.29, 0.717) is 18.2 Å². The number of carbonyl (C=O) groups excluding carboxylic acids is 2. The zero-order valence-electron chi connectivity index (χ0n) is 11.2. The molecule has 0 bridgehead atoms. The van der Waals surface area contributed by atoms with Crippen LogP contribution in [0.3, 0.4) is 0 Å². The molecule has 0 aliphatic rings. The Balaban J connectivity index is 2.58. The molecule has 1 aromatic rings. The fourth-order valence-electron chi connectivity index (χ4n) is 1.44. The molecule has 0 saturated heterocycles. The predicted octanol–water partition coefficient (Wildman–Crippen LogP) is 1.87. The van der Waals surface area contributed by atoms with Gasteiger partial charge in [-0.15, -0.1) is 0 Å². The average molecular weight is 319 g/mol. The number of rotatable bonds is 6. The van der Waals surface area contributed by atoms with Crippen molar-refractivity contribution < 1.29 is 14.3 Å². The van der Waals surface area contributed by atoms with Crippen LogP contribution in [0, 0.1) is 0 Å². The quantitative estimate of drug-likeness (QED) is 0.787. The Morgan fingerprint density at radius 3 is 2.65 bits per heavy atom. The van der Waals surface area contributed by atoms with Crippen molar-refractivity contribution in [2.24, 2.45) is 0 Å². The Kier molecular flexibility index (Phi) is 6.78. The van der Waals surface area contributed by atoms with E-state index in [0.717, 1.165) is 0 Å². The summed E-state index contributed by atoms with van der Waals surface area (Å²) in [6, 6.07) is 3.87. The molecule has 2 amide bonds. The number of hydrogen-bond acceptors (Lipinski definition) is 3. The molecule has 0 spiro atoms. The van der Waals surface area contributed by atoms with Crippen LogP contribution in [0.15, 0.2) is 18.2 Å². The molecule has 1 rings (SSSR count). The van der Waals surface area contributed by atoms with Crippen molar-refractivity contribution in [1.29, 1.82) is 0 Å². The number of benzene rings is 1. The number of methoxy groups -OCH3 is 1. The summed E-state index contributed by atoms with van der Waals surface area (Å²) < 4.78 is 4.82. The molecule has 0 saturated carbocycles. The first kappa shape index (κ1) is 16.8. The Hall–Kier alpha value is -1.30. The van der Waals surface area contributed by atoms with Crippen LogP contribution in [0.25, 0.3) is 0 Å². The molecule has 0 heterocycles. The van der Waals surface area contributed by atoms with Gasteiger partial charge in [0.25, 0.3) is 5.91 Å². The normalized spacial score (nSPS) is 11.8. The topological polar surface area (TPSA) is 67.4 Å². The maximum atomic E-state index is 12.0. The molecule has 0 aliphatic carbocycles. The average Bonchev–Trinajstić information content (AvgIpc) is 2.38. The minimum absolute atomic E-state index is 0.238. The van der Waals surface area contributed by atoms with E-state index < -0.39 is 11.9 Å². The lowest BCUT2D eigenvalue weighted by atomic mass is 10.2. The summed E-state index contributed by atoms with van der Waals surface area (Å²) in [7, 11) is 1.54. The third-order valence-electron chi connectivity index (χ3n) is 2.52. The van der Waals surface area contributed by atoms with E-state index >= 15 is 0 Å². The Morgan fingerprint density at radius 1 is 1.35 bits per heavy atom. The van der Waals surface area contributed by atoms with Gasteiger partial charge in [-0.25, -0.2) is 0 Å². The molecular formula is C13H16Cl2N2O3. The molecule has 5 nitrogen and oxygen atoms in total. The van der Waals surface area contributed by atoms with E-state index in [1.165, 1.54) is 12.1 Å². The first-order valence-corrected chi connectivity index (χ1v) is 6.74. The van der Waals surface area contributed by atoms with Crippen LogP contribution in [-0.2, 0) is 9.53 Å². The van der Waals surface area contributed by atoms with Gasteiger partial charge in [0.1, 0.15) is 6.04 Å². The molecule has 0 fully saturated rings. The fraction of sp³-hybridized carbons (Fsp3) is 0.385. The monoisotopic (exact) mass is 318 g/mol. The van der Waals surface area contributed by atoms with E-state index in [4.69, 9.17) is 27.9 Å². The second kappa shape index (κ2) is 8.09. The molecule has 0 radical (unpaired) electrons. The van der Waals surface area contributed by atoms with Gasteiger partial charge in [0.2, 0.25) is 5.91 Å². The van der Waals surface area contributed by atoms with Gasteiger partial charge in [-0.3, -0.25) is 9.59 Å². The van der Waals surface area contributed by atoms with E-state index in [1.54, 1.807) is 20.1 Å². The number of hydrogen-bond donors (Lipinski definition) is 2. The highest BCUT2D eigenvalue weighted by molar-refractivity contribution is 6.36. The maximum Gasteiger partial charge on any atom is 0.253 e. The Bertz CT molecular complexity index is 495. The minimum atomic E-state index is -0.675. The second-order valence-electron chi connectivity index (χ2n) is 4.10. The van der Waals surface area contributed by atoms with Crippen LogP contribution in [-0.4, -0.2) is 38.1 Å². The molecule has 1 atom stereocenters. The summed E-state index contributed by atoms with van der Waals surface area (Å²) in [5, 5.41) is 5.87. The first-order chi connectivity index (χ1) is 9.45. The molecule has 0 aliphatic heterocycles. The van der Waals surface area contributed by atoms with E-state index in [2.05, 4.69) is 10.6 Å². The number of nitrogens with one attached hydrogen (secondary N) is 2. The van der Waals surface area contributed by atoms with Gasteiger partial charge in [0, 0.05) is 18.7 Å². The lowest BCUT2D eigenvalue weighted by Gasteiger charge is -2.14. The predicted molar refractivity (Wildman–Crippen MR) is 78.3 cm³/mol. The molecule has 110 valence electrons. The zero-order valence-corrected chi connectivity index (χ0v) is 12.7. The fourth-order valence-corrected chi connectivity index (χ4v) is 1.94. The summed E-state index contributed by atoms with van der Waals surface area (Å²) in [5.41, 5.74) is 0.271. The largest absolute Gasteiger partial charge is 0.383 e. The highest BCUT2D eigenvalue weighted by Crippen LogP contribution is 2.20. The molecule has 2 N–H and O–H groups in total. The SMILES string of the molecule is COCCNC(=O)[C@H](C)NC(=O)c1ccc(Cl)cc1Cl. The van der Waals surface area contributed by atoms with Gasteiger partial charge in [0.15, 0.2) is 0 Å². The van der Waals surface area contributed by atoms with Crippen molar-refractivity contribution in [3.05, 3.63) is 33.8 Å². The van der Waals surface area contributed by atoms with Crippen molar-refractivity contribution in [3.8, 4) is 0 Å². The standard InChI is InChI=1S/C13H16Cl2N2O3/c1-8(12(18)16-5-6-20-2)17-13(19)10-4-3-9(14)7-11(10)15/h3-4,7-8H,5-6H2,1-2H3,(H,16,18)(H,17,19)/t8-/m0/s1. The van der Waals surface area contributed by atoms with Crippen molar-refractivity contribution in [3.63, 3.8) is 0 Å². The van der Waals surface area contributed by atoms with Crippen molar-refractivity contribution in [1.82, 2.24) is 10.6 Å². The van der Waals surface area contributed by atoms with Crippen LogP contribution in [0.2, 0.25) is 10.0 Å². The van der Waals surface area contributed by atoms with Gasteiger partial charge in [0.05, 0.1) is 17.2 Å². The summed E-state index contributed by atoms with van der Waals surface area (Å²) in [5.74, 6) is -0.721. The van der Waals surface area contributed by atoms with Crippen molar-refractivity contribution >= 4 is 35.0 Å². The molecule has 1 aromatic carbocycles. The van der Waals surface area contributed by atoms with Crippen molar-refractivity contribution in [2.75, 3.05) is 20.3 Å². The molecular weight excluding hydrogens is 303 g/mol. The van der Waals surface area contributed by atoms with E-state index in [-0.39, 0.29) is 16.5 Å². The maximum absolute atomic E-state index is 12.0. The third kappa shape index (κ3) is 5.00. The lowest BCUT2D eigenvalue weighted by molar-refractivity contribution is -0.122. The minimum Gasteiger partial charge on any atom is -0.383 e. The summed E-state index contributed by atoms with van der Waals surface area (Å²) in [6.45, 7) is 2.39. The summed E-state index contributed by atoms with van der Waals surface area (Å²) in [6.07, 6.45) is 0. The highest BCUT2D eigenvalue weighted by Gasteiger charge is 2.17. The Morgan fingerprint density at radius 2 is 2.05 bits per heavy atom. The Labute approximate surface area is 127 Å². The molecule has 0 unspecified atom stereocenters. The summed E-state index contributed by atoms with van der Waals surface area (Å²) >= 11 is 11.7. The van der Waals surface area contributed by atoms with Gasteiger partial charge in [-0.2, -0.15) is 0 Å². The zero-order chi connectivity index (χ0) is 15.1. The van der Waals surface area contributed by atoms with Crippen LogP contribution in [0.4, 0.5) is 0 Å². The number of ether oxygens (including phenoxy) is 1. The first-order valence-electron chi connectivity index (χ1n) is 5.98. The van der Waals surface area contributed by atoms with E-state index in [1.807, 2.05) is 0 Å². The summed E-state index contributed by atoms with van der Waals surface area (Å²) in [4.78, 5) is 23.7. The number of amides is 2. The van der Waals surface area contributed by atoms with Crippen LogP contribution in [0.1, 0.15) is 17.3 Å². The molecule has 7 heteroatoms. The smallest absolute Gasteiger partial charge is 0.253 e. The van der Waals surface area contributed by atoms with Gasteiger partial charge < -0.3 is 15.4 Å². The second-order valence-corrected chi connectivity index (χ2v) is 4.95. The van der Waals surface area contributed by atoms with Gasteiger partial charge in [-0.1, -0.05) is 23.2 Å². The molecule has 20 heavy (non-hydrogen) atoms. The van der Waals surface area contributed by atoms with E-state index in [9.17, 15) is 9.59 Å². The number of carbonyl (C=O) groups is 2. The highest BCUT2D eigenvalue weighted by atomic mass is 35.5. The lowest BCUT2D eigenvalue weighted by Crippen LogP contribution is -2.45. The van der Waals surface area contributed by atoms with Crippen LogP contribution < -0.4 is 10.6 Å². The molecule has 0 aromatic heterocycles. The van der Waals surface area contributed by atoms with Crippen LogP contribution in [0.5, 0.6) is 0 Å². The van der Waals surface area contributed by atoms with Gasteiger partial charge in [-0.05, 0) is 25.1 Å². The van der Waals surface area contributed by atoms with Crippen LogP contribution >= 0.6 is 23.2 Å². The third-order valence-corrected chi connectivity index (χ3v) is 3.07. The number of halogens is 2. The van der Waals surface area contributed by atoms with Crippen molar-refractivity contribution in [2.45, 2.75) is 13.0 Å². The van der Waals surface area contributed by atoms with Gasteiger partial charge >= 0.3 is 0 Å².